The van der Waals surface area contributed by atoms with E-state index in [0.29, 0.717) is 6.54 Å². The molecule has 0 aliphatic rings. The molecule has 0 saturated heterocycles. The monoisotopic (exact) mass is 238 g/mol. The van der Waals surface area contributed by atoms with E-state index in [4.69, 9.17) is 5.73 Å². The van der Waals surface area contributed by atoms with Crippen molar-refractivity contribution in [3.8, 4) is 0 Å². The van der Waals surface area contributed by atoms with E-state index >= 15 is 0 Å². The van der Waals surface area contributed by atoms with E-state index in [1.165, 1.54) is 10.9 Å². The molecule has 3 N–H and O–H groups in total. The highest BCUT2D eigenvalue weighted by Gasteiger charge is 2.02. The molecule has 2 rings (SSSR count). The third-order valence-electron chi connectivity index (χ3n) is 2.39. The summed E-state index contributed by atoms with van der Waals surface area (Å²) in [5.74, 6) is -0.173. The summed E-state index contributed by atoms with van der Waals surface area (Å²) in [5.41, 5.74) is 5.41. The van der Waals surface area contributed by atoms with Crippen molar-refractivity contribution < 1.29 is 4.39 Å². The van der Waals surface area contributed by atoms with Crippen LogP contribution in [0.1, 0.15) is 11.3 Å². The Labute approximate surface area is 98.3 Å². The van der Waals surface area contributed by atoms with E-state index in [1.807, 2.05) is 12.1 Å². The highest BCUT2D eigenvalue weighted by molar-refractivity contribution is 7.19. The summed E-state index contributed by atoms with van der Waals surface area (Å²) in [4.78, 5) is 1.23. The van der Waals surface area contributed by atoms with Gasteiger partial charge in [-0.1, -0.05) is 0 Å². The first-order valence-corrected chi connectivity index (χ1v) is 6.20. The number of fused-ring (bicyclic) bond motifs is 1. The van der Waals surface area contributed by atoms with Gasteiger partial charge < -0.3 is 11.1 Å². The van der Waals surface area contributed by atoms with Crippen LogP contribution in [0.25, 0.3) is 10.1 Å². The minimum absolute atomic E-state index is 0.173. The topological polar surface area (TPSA) is 38.0 Å². The molecule has 0 aliphatic carbocycles. The zero-order chi connectivity index (χ0) is 11.4. The molecule has 1 aromatic carbocycles. The van der Waals surface area contributed by atoms with E-state index in [1.54, 1.807) is 17.4 Å². The molecule has 0 radical (unpaired) electrons. The number of rotatable bonds is 5. The van der Waals surface area contributed by atoms with Gasteiger partial charge in [-0.05, 0) is 49.2 Å². The van der Waals surface area contributed by atoms with Gasteiger partial charge in [-0.2, -0.15) is 0 Å². The highest BCUT2D eigenvalue weighted by Crippen LogP contribution is 2.25. The summed E-state index contributed by atoms with van der Waals surface area (Å²) < 4.78 is 14.1. The van der Waals surface area contributed by atoms with Gasteiger partial charge in [0.2, 0.25) is 0 Å². The second kappa shape index (κ2) is 5.39. The van der Waals surface area contributed by atoms with Crippen molar-refractivity contribution in [3.63, 3.8) is 0 Å². The molecule has 0 saturated carbocycles. The first kappa shape index (κ1) is 11.5. The number of hydrogen-bond donors (Lipinski definition) is 2. The van der Waals surface area contributed by atoms with Gasteiger partial charge in [-0.25, -0.2) is 4.39 Å². The summed E-state index contributed by atoms with van der Waals surface area (Å²) in [6.07, 6.45) is 0.986. The van der Waals surface area contributed by atoms with Crippen LogP contribution in [0, 0.1) is 5.82 Å². The molecule has 1 aromatic heterocycles. The zero-order valence-electron chi connectivity index (χ0n) is 9.00. The fraction of sp³-hybridized carbons (Fsp3) is 0.333. The molecule has 1 heterocycles. The van der Waals surface area contributed by atoms with Gasteiger partial charge in [-0.15, -0.1) is 11.3 Å². The van der Waals surface area contributed by atoms with Crippen LogP contribution in [0.4, 0.5) is 4.39 Å². The fourth-order valence-electron chi connectivity index (χ4n) is 1.59. The van der Waals surface area contributed by atoms with E-state index in [-0.39, 0.29) is 5.82 Å². The van der Waals surface area contributed by atoms with Crippen LogP contribution in [0.5, 0.6) is 0 Å². The van der Waals surface area contributed by atoms with Crippen LogP contribution >= 0.6 is 11.3 Å². The molecule has 4 heteroatoms. The smallest absolute Gasteiger partial charge is 0.123 e. The first-order valence-electron chi connectivity index (χ1n) is 5.38. The summed E-state index contributed by atoms with van der Waals surface area (Å²) in [7, 11) is 0. The van der Waals surface area contributed by atoms with E-state index in [0.717, 1.165) is 29.6 Å². The SMILES string of the molecule is NCCCNCc1cc2cc(F)ccc2s1. The molecule has 0 atom stereocenters. The van der Waals surface area contributed by atoms with Crippen molar-refractivity contribution in [2.45, 2.75) is 13.0 Å². The van der Waals surface area contributed by atoms with Crippen LogP contribution in [-0.2, 0) is 6.54 Å². The van der Waals surface area contributed by atoms with Gasteiger partial charge in [0.1, 0.15) is 5.82 Å². The lowest BCUT2D eigenvalue weighted by Gasteiger charge is -1.99. The van der Waals surface area contributed by atoms with Crippen molar-refractivity contribution in [3.05, 3.63) is 35.0 Å². The minimum Gasteiger partial charge on any atom is -0.330 e. The van der Waals surface area contributed by atoms with Gasteiger partial charge in [-0.3, -0.25) is 0 Å². The van der Waals surface area contributed by atoms with E-state index in [2.05, 4.69) is 5.32 Å². The molecule has 0 amide bonds. The molecule has 16 heavy (non-hydrogen) atoms. The van der Waals surface area contributed by atoms with Crippen LogP contribution in [-0.4, -0.2) is 13.1 Å². The number of hydrogen-bond acceptors (Lipinski definition) is 3. The van der Waals surface area contributed by atoms with Crippen molar-refractivity contribution in [1.29, 1.82) is 0 Å². The van der Waals surface area contributed by atoms with Crippen LogP contribution < -0.4 is 11.1 Å². The second-order valence-corrected chi connectivity index (χ2v) is 4.88. The Kier molecular flexibility index (Phi) is 3.88. The quantitative estimate of drug-likeness (QED) is 0.785. The third kappa shape index (κ3) is 2.78. The summed E-state index contributed by atoms with van der Waals surface area (Å²) in [5, 5.41) is 4.30. The van der Waals surface area contributed by atoms with Crippen LogP contribution in [0.3, 0.4) is 0 Å². The second-order valence-electron chi connectivity index (χ2n) is 3.71. The van der Waals surface area contributed by atoms with Crippen LogP contribution in [0.2, 0.25) is 0 Å². The zero-order valence-corrected chi connectivity index (χ0v) is 9.82. The maximum Gasteiger partial charge on any atom is 0.123 e. The molecule has 0 aliphatic heterocycles. The average molecular weight is 238 g/mol. The van der Waals surface area contributed by atoms with Crippen molar-refractivity contribution in [2.24, 2.45) is 5.73 Å². The standard InChI is InChI=1S/C12H15FN2S/c13-10-2-3-12-9(6-10)7-11(16-12)8-15-5-1-4-14/h2-3,6-7,15H,1,4-5,8,14H2. The molecule has 0 fully saturated rings. The molecular weight excluding hydrogens is 223 g/mol. The summed E-state index contributed by atoms with van der Waals surface area (Å²) in [6, 6.07) is 6.96. The normalized spacial score (nSPS) is 11.1. The van der Waals surface area contributed by atoms with Crippen LogP contribution in [0.15, 0.2) is 24.3 Å². The summed E-state index contributed by atoms with van der Waals surface area (Å²) in [6.45, 7) is 2.48. The molecule has 86 valence electrons. The van der Waals surface area contributed by atoms with Gasteiger partial charge in [0, 0.05) is 16.1 Å². The van der Waals surface area contributed by atoms with Crippen molar-refractivity contribution in [1.82, 2.24) is 5.32 Å². The lowest BCUT2D eigenvalue weighted by molar-refractivity contribution is 0.630. The molecule has 2 aromatic rings. The largest absolute Gasteiger partial charge is 0.330 e. The summed E-state index contributed by atoms with van der Waals surface area (Å²) >= 11 is 1.70. The molecule has 0 spiro atoms. The van der Waals surface area contributed by atoms with E-state index in [9.17, 15) is 4.39 Å². The Bertz CT molecular complexity index is 467. The molecular formula is C12H15FN2S. The number of benzene rings is 1. The predicted molar refractivity (Wildman–Crippen MR) is 67.2 cm³/mol. The average Bonchev–Trinajstić information content (AvgIpc) is 2.66. The molecule has 0 unspecified atom stereocenters. The van der Waals surface area contributed by atoms with Crippen molar-refractivity contribution in [2.75, 3.05) is 13.1 Å². The van der Waals surface area contributed by atoms with Gasteiger partial charge >= 0.3 is 0 Å². The van der Waals surface area contributed by atoms with Gasteiger partial charge in [0.05, 0.1) is 0 Å². The Morgan fingerprint density at radius 1 is 1.31 bits per heavy atom. The lowest BCUT2D eigenvalue weighted by Crippen LogP contribution is -2.16. The Hall–Kier alpha value is -0.970. The molecule has 2 nitrogen and oxygen atoms in total. The van der Waals surface area contributed by atoms with Crippen molar-refractivity contribution >= 4 is 21.4 Å². The highest BCUT2D eigenvalue weighted by atomic mass is 32.1. The first-order chi connectivity index (χ1) is 7.79. The Morgan fingerprint density at radius 3 is 3.00 bits per heavy atom. The van der Waals surface area contributed by atoms with E-state index < -0.39 is 0 Å². The van der Waals surface area contributed by atoms with Gasteiger partial charge in [0.25, 0.3) is 0 Å². The Balaban J connectivity index is 2.02. The number of nitrogens with one attached hydrogen (secondary N) is 1. The third-order valence-corrected chi connectivity index (χ3v) is 3.50. The fourth-order valence-corrected chi connectivity index (χ4v) is 2.61. The maximum atomic E-state index is 13.0. The van der Waals surface area contributed by atoms with Gasteiger partial charge in [0.15, 0.2) is 0 Å². The maximum absolute atomic E-state index is 13.0. The number of thiophene rings is 1. The Morgan fingerprint density at radius 2 is 2.19 bits per heavy atom. The lowest BCUT2D eigenvalue weighted by atomic mass is 10.2. The number of halogens is 1. The predicted octanol–water partition coefficient (Wildman–Crippen LogP) is 2.48. The minimum atomic E-state index is -0.173. The number of nitrogens with two attached hydrogens (primary N) is 1. The molecule has 0 bridgehead atoms.